The number of benzene rings is 1. The second kappa shape index (κ2) is 4.82. The Labute approximate surface area is 92.1 Å². The van der Waals surface area contributed by atoms with Crippen LogP contribution in [-0.4, -0.2) is 17.2 Å². The highest BCUT2D eigenvalue weighted by molar-refractivity contribution is 6.58. The molecule has 0 aromatic heterocycles. The standard InChI is InChI=1S/C10H13BO2.C2H6/c1-10(6-7-10)8-2-4-9(5-3-8)11(12)13;1-2/h2-5,12-13H,6-7H2,1H3;1-2H3. The van der Waals surface area contributed by atoms with Crippen molar-refractivity contribution in [3.05, 3.63) is 29.8 Å². The van der Waals surface area contributed by atoms with E-state index in [4.69, 9.17) is 10.0 Å². The molecule has 3 heteroatoms. The Bertz CT molecular complexity index is 302. The summed E-state index contributed by atoms with van der Waals surface area (Å²) >= 11 is 0. The van der Waals surface area contributed by atoms with Gasteiger partial charge in [0, 0.05) is 0 Å². The van der Waals surface area contributed by atoms with E-state index in [0.29, 0.717) is 10.9 Å². The summed E-state index contributed by atoms with van der Waals surface area (Å²) in [6.45, 7) is 6.23. The van der Waals surface area contributed by atoms with Crippen molar-refractivity contribution in [3.8, 4) is 0 Å². The fourth-order valence-electron chi connectivity index (χ4n) is 1.53. The molecule has 1 aromatic rings. The first-order valence-corrected chi connectivity index (χ1v) is 5.58. The number of rotatable bonds is 2. The minimum atomic E-state index is -1.35. The lowest BCUT2D eigenvalue weighted by atomic mass is 9.79. The van der Waals surface area contributed by atoms with Crippen LogP contribution in [-0.2, 0) is 5.41 Å². The largest absolute Gasteiger partial charge is 0.488 e. The van der Waals surface area contributed by atoms with E-state index >= 15 is 0 Å². The molecule has 0 radical (unpaired) electrons. The van der Waals surface area contributed by atoms with Gasteiger partial charge in [0.05, 0.1) is 0 Å². The lowest BCUT2D eigenvalue weighted by molar-refractivity contribution is 0.426. The van der Waals surface area contributed by atoms with Gasteiger partial charge in [-0.1, -0.05) is 45.0 Å². The molecule has 0 saturated heterocycles. The van der Waals surface area contributed by atoms with Crippen molar-refractivity contribution in [1.82, 2.24) is 0 Å². The minimum Gasteiger partial charge on any atom is -0.423 e. The smallest absolute Gasteiger partial charge is 0.423 e. The van der Waals surface area contributed by atoms with Crippen molar-refractivity contribution < 1.29 is 10.0 Å². The summed E-state index contributed by atoms with van der Waals surface area (Å²) in [5.74, 6) is 0. The molecule has 0 unspecified atom stereocenters. The Balaban J connectivity index is 0.000000531. The molecule has 2 N–H and O–H groups in total. The summed E-state index contributed by atoms with van der Waals surface area (Å²) in [5.41, 5.74) is 2.23. The minimum absolute atomic E-state index is 0.360. The Morgan fingerprint density at radius 1 is 1.07 bits per heavy atom. The molecule has 1 fully saturated rings. The molecule has 0 heterocycles. The van der Waals surface area contributed by atoms with Crippen LogP contribution in [0.3, 0.4) is 0 Å². The number of hydrogen-bond acceptors (Lipinski definition) is 2. The van der Waals surface area contributed by atoms with Gasteiger partial charge in [0.1, 0.15) is 0 Å². The fraction of sp³-hybridized carbons (Fsp3) is 0.500. The molecule has 0 amide bonds. The summed E-state index contributed by atoms with van der Waals surface area (Å²) in [5, 5.41) is 17.8. The van der Waals surface area contributed by atoms with Gasteiger partial charge in [-0.15, -0.1) is 0 Å². The van der Waals surface area contributed by atoms with E-state index in [1.807, 2.05) is 26.0 Å². The maximum absolute atomic E-state index is 8.89. The number of hydrogen-bond donors (Lipinski definition) is 2. The van der Waals surface area contributed by atoms with Crippen molar-refractivity contribution in [3.63, 3.8) is 0 Å². The van der Waals surface area contributed by atoms with Gasteiger partial charge < -0.3 is 10.0 Å². The summed E-state index contributed by atoms with van der Waals surface area (Å²) < 4.78 is 0. The molecule has 0 bridgehead atoms. The highest BCUT2D eigenvalue weighted by Crippen LogP contribution is 2.47. The van der Waals surface area contributed by atoms with Crippen molar-refractivity contribution in [1.29, 1.82) is 0 Å². The maximum atomic E-state index is 8.89. The molecule has 0 spiro atoms. The molecule has 15 heavy (non-hydrogen) atoms. The van der Waals surface area contributed by atoms with Crippen LogP contribution in [0.25, 0.3) is 0 Å². The fourth-order valence-corrected chi connectivity index (χ4v) is 1.53. The third kappa shape index (κ3) is 2.83. The van der Waals surface area contributed by atoms with E-state index in [0.717, 1.165) is 0 Å². The highest BCUT2D eigenvalue weighted by Gasteiger charge is 2.38. The van der Waals surface area contributed by atoms with Gasteiger partial charge in [0.2, 0.25) is 0 Å². The third-order valence-electron chi connectivity index (χ3n) is 2.91. The average Bonchev–Trinajstić information content (AvgIpc) is 3.01. The molecule has 0 aliphatic heterocycles. The van der Waals surface area contributed by atoms with Crippen LogP contribution < -0.4 is 5.46 Å². The first-order chi connectivity index (χ1) is 7.12. The van der Waals surface area contributed by atoms with Crippen LogP contribution in [0.4, 0.5) is 0 Å². The molecule has 82 valence electrons. The molecule has 1 aromatic carbocycles. The van der Waals surface area contributed by atoms with E-state index in [1.165, 1.54) is 18.4 Å². The van der Waals surface area contributed by atoms with Crippen LogP contribution in [0.1, 0.15) is 39.2 Å². The normalized spacial score (nSPS) is 16.3. The molecule has 2 rings (SSSR count). The molecule has 1 aliphatic carbocycles. The predicted molar refractivity (Wildman–Crippen MR) is 64.2 cm³/mol. The van der Waals surface area contributed by atoms with E-state index < -0.39 is 7.12 Å². The zero-order valence-corrected chi connectivity index (χ0v) is 9.70. The highest BCUT2D eigenvalue weighted by atomic mass is 16.4. The second-order valence-corrected chi connectivity index (χ2v) is 4.06. The summed E-state index contributed by atoms with van der Waals surface area (Å²) in [6, 6.07) is 7.54. The Hall–Kier alpha value is -0.795. The van der Waals surface area contributed by atoms with Crippen molar-refractivity contribution >= 4 is 12.6 Å². The summed E-state index contributed by atoms with van der Waals surface area (Å²) in [4.78, 5) is 0. The van der Waals surface area contributed by atoms with Gasteiger partial charge in [-0.05, 0) is 29.3 Å². The molecule has 0 atom stereocenters. The molecule has 2 nitrogen and oxygen atoms in total. The Morgan fingerprint density at radius 2 is 1.53 bits per heavy atom. The van der Waals surface area contributed by atoms with Gasteiger partial charge in [-0.3, -0.25) is 0 Å². The second-order valence-electron chi connectivity index (χ2n) is 4.06. The van der Waals surface area contributed by atoms with Crippen molar-refractivity contribution in [2.24, 2.45) is 0 Å². The van der Waals surface area contributed by atoms with E-state index in [-0.39, 0.29) is 0 Å². The summed E-state index contributed by atoms with van der Waals surface area (Å²) in [7, 11) is -1.35. The SMILES string of the molecule is CC.CC1(c2ccc(B(O)O)cc2)CC1. The van der Waals surface area contributed by atoms with Gasteiger partial charge in [0.15, 0.2) is 0 Å². The van der Waals surface area contributed by atoms with Gasteiger partial charge in [-0.2, -0.15) is 0 Å². The first kappa shape index (κ1) is 12.3. The molecular weight excluding hydrogens is 187 g/mol. The predicted octanol–water partition coefficient (Wildman–Crippen LogP) is 1.44. The van der Waals surface area contributed by atoms with Gasteiger partial charge in [0.25, 0.3) is 0 Å². The lowest BCUT2D eigenvalue weighted by Gasteiger charge is -2.08. The van der Waals surface area contributed by atoms with Crippen LogP contribution in [0, 0.1) is 0 Å². The monoisotopic (exact) mass is 206 g/mol. The van der Waals surface area contributed by atoms with Crippen LogP contribution in [0.15, 0.2) is 24.3 Å². The summed E-state index contributed by atoms with van der Waals surface area (Å²) in [6.07, 6.45) is 2.49. The van der Waals surface area contributed by atoms with Crippen LogP contribution in [0.2, 0.25) is 0 Å². The van der Waals surface area contributed by atoms with Crippen molar-refractivity contribution in [2.75, 3.05) is 0 Å². The quantitative estimate of drug-likeness (QED) is 0.719. The van der Waals surface area contributed by atoms with E-state index in [2.05, 4.69) is 6.92 Å². The average molecular weight is 206 g/mol. The van der Waals surface area contributed by atoms with Gasteiger partial charge >= 0.3 is 7.12 Å². The zero-order valence-electron chi connectivity index (χ0n) is 9.70. The van der Waals surface area contributed by atoms with Gasteiger partial charge in [-0.25, -0.2) is 0 Å². The topological polar surface area (TPSA) is 40.5 Å². The first-order valence-electron chi connectivity index (χ1n) is 5.58. The maximum Gasteiger partial charge on any atom is 0.488 e. The zero-order chi connectivity index (χ0) is 11.5. The molecule has 1 saturated carbocycles. The Kier molecular flexibility index (Phi) is 3.94. The lowest BCUT2D eigenvalue weighted by Crippen LogP contribution is -2.29. The van der Waals surface area contributed by atoms with E-state index in [9.17, 15) is 0 Å². The third-order valence-corrected chi connectivity index (χ3v) is 2.91. The van der Waals surface area contributed by atoms with E-state index in [1.54, 1.807) is 12.1 Å². The molecular formula is C12H19BO2. The van der Waals surface area contributed by atoms with Crippen LogP contribution >= 0.6 is 0 Å². The van der Waals surface area contributed by atoms with Crippen LogP contribution in [0.5, 0.6) is 0 Å². The molecule has 1 aliphatic rings. The van der Waals surface area contributed by atoms with Crippen molar-refractivity contribution in [2.45, 2.75) is 39.0 Å². The Morgan fingerprint density at radius 3 is 1.87 bits per heavy atom.